The summed E-state index contributed by atoms with van der Waals surface area (Å²) < 4.78 is 10.2. The van der Waals surface area contributed by atoms with Gasteiger partial charge in [0.25, 0.3) is 5.91 Å². The van der Waals surface area contributed by atoms with Crippen molar-refractivity contribution >= 4 is 23.7 Å². The van der Waals surface area contributed by atoms with Crippen LogP contribution in [0.2, 0.25) is 0 Å². The van der Waals surface area contributed by atoms with E-state index in [0.29, 0.717) is 0 Å². The summed E-state index contributed by atoms with van der Waals surface area (Å²) in [6, 6.07) is 4.57. The van der Waals surface area contributed by atoms with E-state index >= 15 is 0 Å². The molecule has 1 aromatic carbocycles. The number of aliphatic hydroxyl groups is 1. The third kappa shape index (κ3) is 3.08. The van der Waals surface area contributed by atoms with Crippen LogP contribution in [-0.4, -0.2) is 52.4 Å². The van der Waals surface area contributed by atoms with Gasteiger partial charge in [0, 0.05) is 11.3 Å². The Kier molecular flexibility index (Phi) is 5.34. The number of esters is 1. The van der Waals surface area contributed by atoms with Crippen molar-refractivity contribution in [3.63, 3.8) is 0 Å². The van der Waals surface area contributed by atoms with E-state index in [9.17, 15) is 29.6 Å². The minimum absolute atomic E-state index is 0.0624. The van der Waals surface area contributed by atoms with Crippen LogP contribution in [0, 0.1) is 16.0 Å². The van der Waals surface area contributed by atoms with E-state index in [0.717, 1.165) is 12.0 Å². The number of hydrogen-bond donors (Lipinski definition) is 1. The Morgan fingerprint density at radius 2 is 1.94 bits per heavy atom. The Balaban J connectivity index is 2.33. The molecule has 4 atom stereocenters. The van der Waals surface area contributed by atoms with Crippen molar-refractivity contribution in [2.45, 2.75) is 63.2 Å². The second-order valence-electron chi connectivity index (χ2n) is 8.89. The SMILES string of the molecule is CCC1(O)CC([N+](=O)[O-])C(C(=O)OC)C12C(=O)N(C(=O)OC(C)(C)C)c1ccccc12. The lowest BCUT2D eigenvalue weighted by Gasteiger charge is -2.39. The first-order chi connectivity index (χ1) is 14.4. The summed E-state index contributed by atoms with van der Waals surface area (Å²) in [6.07, 6.45) is -1.50. The van der Waals surface area contributed by atoms with Crippen LogP contribution in [0.1, 0.15) is 46.1 Å². The first-order valence-corrected chi connectivity index (χ1v) is 9.96. The van der Waals surface area contributed by atoms with Crippen LogP contribution in [-0.2, 0) is 24.5 Å². The standard InChI is InChI=1S/C21H26N2O8/c1-6-20(27)11-14(23(28)29)15(16(24)30-5)21(20)12-9-7-8-10-13(12)22(17(21)25)18(26)31-19(2,3)4/h7-10,14-15,27H,6,11H2,1-5H3. The van der Waals surface area contributed by atoms with Gasteiger partial charge in [-0.15, -0.1) is 0 Å². The van der Waals surface area contributed by atoms with Gasteiger partial charge in [0.1, 0.15) is 16.9 Å². The molecule has 168 valence electrons. The van der Waals surface area contributed by atoms with Gasteiger partial charge in [-0.1, -0.05) is 25.1 Å². The van der Waals surface area contributed by atoms with Crippen LogP contribution in [0.4, 0.5) is 10.5 Å². The van der Waals surface area contributed by atoms with Gasteiger partial charge in [-0.3, -0.25) is 19.7 Å². The number of para-hydroxylation sites is 1. The normalized spacial score (nSPS) is 29.7. The summed E-state index contributed by atoms with van der Waals surface area (Å²) in [7, 11) is 1.06. The summed E-state index contributed by atoms with van der Waals surface area (Å²) in [5.41, 5.74) is -4.68. The van der Waals surface area contributed by atoms with E-state index in [1.807, 2.05) is 0 Å². The lowest BCUT2D eigenvalue weighted by Crippen LogP contribution is -2.60. The molecule has 4 unspecified atom stereocenters. The average molecular weight is 434 g/mol. The zero-order valence-electron chi connectivity index (χ0n) is 18.1. The van der Waals surface area contributed by atoms with Crippen LogP contribution in [0.5, 0.6) is 0 Å². The fourth-order valence-corrected chi connectivity index (χ4v) is 4.93. The number of imide groups is 1. The van der Waals surface area contributed by atoms with Crippen molar-refractivity contribution < 1.29 is 33.9 Å². The third-order valence-electron chi connectivity index (χ3n) is 6.13. The molecule has 2 aliphatic rings. The maximum absolute atomic E-state index is 13.9. The fourth-order valence-electron chi connectivity index (χ4n) is 4.93. The van der Waals surface area contributed by atoms with Crippen LogP contribution >= 0.6 is 0 Å². The highest BCUT2D eigenvalue weighted by Crippen LogP contribution is 2.61. The van der Waals surface area contributed by atoms with Crippen LogP contribution in [0.15, 0.2) is 24.3 Å². The van der Waals surface area contributed by atoms with Gasteiger partial charge in [-0.25, -0.2) is 9.69 Å². The molecule has 1 aliphatic carbocycles. The molecule has 1 saturated carbocycles. The molecule has 1 aromatic rings. The zero-order chi connectivity index (χ0) is 23.4. The van der Waals surface area contributed by atoms with Crippen LogP contribution < -0.4 is 4.90 Å². The molecule has 0 bridgehead atoms. The number of benzene rings is 1. The molecular weight excluding hydrogens is 408 g/mol. The number of nitrogens with zero attached hydrogens (tertiary/aromatic N) is 2. The molecule has 1 fully saturated rings. The van der Waals surface area contributed by atoms with E-state index in [4.69, 9.17) is 9.47 Å². The molecule has 0 saturated heterocycles. The number of fused-ring (bicyclic) bond motifs is 2. The Labute approximate surface area is 179 Å². The van der Waals surface area contributed by atoms with Crippen molar-refractivity contribution in [2.24, 2.45) is 5.92 Å². The number of rotatable bonds is 3. The molecule has 2 amide bonds. The Hall–Kier alpha value is -3.01. The first-order valence-electron chi connectivity index (χ1n) is 9.96. The quantitative estimate of drug-likeness (QED) is 0.434. The van der Waals surface area contributed by atoms with Gasteiger partial charge in [-0.05, 0) is 38.8 Å². The Bertz CT molecular complexity index is 955. The minimum Gasteiger partial charge on any atom is -0.469 e. The minimum atomic E-state index is -2.07. The lowest BCUT2D eigenvalue weighted by molar-refractivity contribution is -0.528. The molecule has 3 rings (SSSR count). The molecule has 10 nitrogen and oxygen atoms in total. The van der Waals surface area contributed by atoms with Crippen molar-refractivity contribution in [3.8, 4) is 0 Å². The van der Waals surface area contributed by atoms with E-state index in [2.05, 4.69) is 0 Å². The van der Waals surface area contributed by atoms with E-state index in [1.54, 1.807) is 39.8 Å². The van der Waals surface area contributed by atoms with Gasteiger partial charge >= 0.3 is 12.1 Å². The Morgan fingerprint density at radius 1 is 1.32 bits per heavy atom. The van der Waals surface area contributed by atoms with Crippen LogP contribution in [0.3, 0.4) is 0 Å². The number of amides is 2. The van der Waals surface area contributed by atoms with Gasteiger partial charge in [0.2, 0.25) is 6.04 Å². The van der Waals surface area contributed by atoms with Gasteiger partial charge in [0.05, 0.1) is 18.4 Å². The monoisotopic (exact) mass is 434 g/mol. The molecule has 31 heavy (non-hydrogen) atoms. The third-order valence-corrected chi connectivity index (χ3v) is 6.13. The second kappa shape index (κ2) is 7.30. The molecule has 1 N–H and O–H groups in total. The van der Waals surface area contributed by atoms with Gasteiger partial charge < -0.3 is 14.6 Å². The molecule has 10 heteroatoms. The number of carbonyl (C=O) groups excluding carboxylic acids is 3. The summed E-state index contributed by atoms with van der Waals surface area (Å²) in [6.45, 7) is 6.46. The highest BCUT2D eigenvalue weighted by atomic mass is 16.6. The van der Waals surface area contributed by atoms with Crippen molar-refractivity contribution in [2.75, 3.05) is 12.0 Å². The molecular formula is C21H26N2O8. The summed E-state index contributed by atoms with van der Waals surface area (Å²) >= 11 is 0. The molecule has 1 heterocycles. The number of hydrogen-bond acceptors (Lipinski definition) is 8. The average Bonchev–Trinajstić information content (AvgIpc) is 3.12. The maximum Gasteiger partial charge on any atom is 0.421 e. The maximum atomic E-state index is 13.9. The number of methoxy groups -OCH3 is 1. The zero-order valence-corrected chi connectivity index (χ0v) is 18.1. The van der Waals surface area contributed by atoms with Crippen molar-refractivity contribution in [3.05, 3.63) is 39.9 Å². The molecule has 1 aliphatic heterocycles. The second-order valence-corrected chi connectivity index (χ2v) is 8.89. The highest BCUT2D eigenvalue weighted by molar-refractivity contribution is 6.23. The van der Waals surface area contributed by atoms with Gasteiger partial charge in [0.15, 0.2) is 0 Å². The van der Waals surface area contributed by atoms with E-state index < -0.39 is 57.9 Å². The van der Waals surface area contributed by atoms with Crippen LogP contribution in [0.25, 0.3) is 0 Å². The number of nitro groups is 1. The lowest BCUT2D eigenvalue weighted by atomic mass is 9.64. The summed E-state index contributed by atoms with van der Waals surface area (Å²) in [5, 5.41) is 23.5. The molecule has 1 spiro atoms. The molecule has 0 aromatic heterocycles. The number of ether oxygens (including phenoxy) is 2. The van der Waals surface area contributed by atoms with E-state index in [-0.39, 0.29) is 17.7 Å². The number of anilines is 1. The molecule has 0 radical (unpaired) electrons. The van der Waals surface area contributed by atoms with Crippen molar-refractivity contribution in [1.82, 2.24) is 0 Å². The number of carbonyl (C=O) groups is 3. The Morgan fingerprint density at radius 3 is 2.45 bits per heavy atom. The topological polar surface area (TPSA) is 136 Å². The summed E-state index contributed by atoms with van der Waals surface area (Å²) in [4.78, 5) is 51.7. The van der Waals surface area contributed by atoms with Crippen molar-refractivity contribution in [1.29, 1.82) is 0 Å². The van der Waals surface area contributed by atoms with Gasteiger partial charge in [-0.2, -0.15) is 0 Å². The fraction of sp³-hybridized carbons (Fsp3) is 0.571. The highest BCUT2D eigenvalue weighted by Gasteiger charge is 2.78. The summed E-state index contributed by atoms with van der Waals surface area (Å²) in [5.74, 6) is -3.56. The largest absolute Gasteiger partial charge is 0.469 e. The predicted molar refractivity (Wildman–Crippen MR) is 108 cm³/mol. The van der Waals surface area contributed by atoms with E-state index in [1.165, 1.54) is 12.1 Å². The smallest absolute Gasteiger partial charge is 0.421 e. The first kappa shape index (κ1) is 22.7. The predicted octanol–water partition coefficient (Wildman–Crippen LogP) is 2.19.